The zero-order valence-electron chi connectivity index (χ0n) is 72.8. The molecule has 0 unspecified atom stereocenters. The van der Waals surface area contributed by atoms with Crippen molar-refractivity contribution >= 4 is 87.5 Å². The van der Waals surface area contributed by atoms with E-state index in [9.17, 15) is 31.5 Å². The Balaban J connectivity index is 0.000000113. The quantitative estimate of drug-likeness (QED) is 0.0918. The SMILES string of the molecule is Cc1cc(-c2ncccc2-c2ccn3ncc(C(=O)NC4CCN(C)CC4)c3c2)ccc1F.Cc1cc(-c2ncccc2-c2ccn3ncc(C(=O)NCC4CCN(C)CC4)c3c2)ccc1F.Fc1ccc(-c2ncccc2-c2ccc3ncsc3c2)cc1.Fc1cccc(-c2ncccc2-c2ccc3ncsc3c2)c1.Fc1ccccc1-c1ncccc1-c1ccc2ncsc2c1. The van der Waals surface area contributed by atoms with Gasteiger partial charge >= 0.3 is 0 Å². The number of amides is 2. The van der Waals surface area contributed by atoms with Crippen molar-refractivity contribution in [2.24, 2.45) is 5.92 Å². The summed E-state index contributed by atoms with van der Waals surface area (Å²) in [7, 11) is 4.24. The van der Waals surface area contributed by atoms with Crippen LogP contribution in [0.3, 0.4) is 0 Å². The molecule has 2 fully saturated rings. The number of rotatable bonds is 15. The van der Waals surface area contributed by atoms with E-state index in [0.717, 1.165) is 194 Å². The molecule has 133 heavy (non-hydrogen) atoms. The standard InChI is InChI=1S/C27H28FN5O.C26H26FN5O.3C18H11FN2S/c1-18-14-21(5-6-24(18)28)26-22(4-3-10-29-26)20-9-13-33-25(15-20)23(17-31-33)27(34)30-16-19-7-11-32(2)12-8-19;1-17-14-19(5-6-23(17)27)25-21(4-3-10-28-25)18-7-13-32-24(15-18)22(16-29-32)26(33)30-20-8-11-31(2)12-9-20;19-14-4-1-3-13(9-14)18-15(5-2-8-20-18)12-6-7-16-17(10-12)22-11-21-16;19-14-6-3-12(4-7-14)18-15(2-1-9-20-18)13-5-8-16-17(10-13)22-11-21-16;19-15-6-2-1-4-14(15)18-13(5-3-9-20-18)12-7-8-16-17(10-12)22-11-21-16/h3-6,9-10,13-15,17,19H,7-8,11-12,16H2,1-2H3,(H,30,34);3-7,10,13-16,20H,8-9,11-12H2,1-2H3,(H,30,33);3*1-11H. The Labute approximate surface area is 776 Å². The maximum atomic E-state index is 14.1. The fourth-order valence-corrected chi connectivity index (χ4v) is 18.7. The number of thiazole rings is 3. The summed E-state index contributed by atoms with van der Waals surface area (Å²) in [4.78, 5) is 66.1. The van der Waals surface area contributed by atoms with Crippen LogP contribution in [0.4, 0.5) is 22.0 Å². The van der Waals surface area contributed by atoms with Crippen LogP contribution in [0.5, 0.6) is 0 Å². The van der Waals surface area contributed by atoms with Gasteiger partial charge in [-0.3, -0.25) is 34.5 Å². The Kier molecular flexibility index (Phi) is 27.1. The van der Waals surface area contributed by atoms with E-state index < -0.39 is 0 Å². The number of fused-ring (bicyclic) bond motifs is 5. The molecule has 22 rings (SSSR count). The molecular formula is C107H87F5N16O2S3. The van der Waals surface area contributed by atoms with Crippen molar-refractivity contribution in [3.05, 3.63) is 372 Å². The van der Waals surface area contributed by atoms with Gasteiger partial charge in [-0.05, 0) is 301 Å². The highest BCUT2D eigenvalue weighted by atomic mass is 32.1. The topological polar surface area (TPSA) is 202 Å². The molecule has 2 N–H and O–H groups in total. The van der Waals surface area contributed by atoms with E-state index in [2.05, 4.69) is 103 Å². The molecule has 0 spiro atoms. The normalized spacial score (nSPS) is 13.0. The van der Waals surface area contributed by atoms with Crippen LogP contribution in [0.25, 0.3) is 154 Å². The number of nitrogens with zero attached hydrogens (tertiary/aromatic N) is 14. The smallest absolute Gasteiger partial charge is 0.255 e. The predicted molar refractivity (Wildman–Crippen MR) is 522 cm³/mol. The second-order valence-electron chi connectivity index (χ2n) is 32.6. The van der Waals surface area contributed by atoms with Gasteiger partial charge < -0.3 is 20.4 Å². The lowest BCUT2D eigenvalue weighted by atomic mass is 9.97. The van der Waals surface area contributed by atoms with Crippen molar-refractivity contribution in [2.45, 2.75) is 45.6 Å². The highest BCUT2D eigenvalue weighted by Crippen LogP contribution is 2.40. The first kappa shape index (κ1) is 88.7. The van der Waals surface area contributed by atoms with Gasteiger partial charge in [0.2, 0.25) is 0 Å². The molecule has 20 aromatic rings. The molecule has 2 amide bonds. The summed E-state index contributed by atoms with van der Waals surface area (Å²) in [6.45, 7) is 8.28. The van der Waals surface area contributed by atoms with Crippen LogP contribution in [0.15, 0.2) is 321 Å². The number of nitrogens with one attached hydrogen (secondary N) is 2. The molecule has 0 atom stereocenters. The molecule has 2 saturated heterocycles. The van der Waals surface area contributed by atoms with Crippen molar-refractivity contribution in [1.82, 2.24) is 79.5 Å². The number of aromatic nitrogens is 12. The van der Waals surface area contributed by atoms with Crippen LogP contribution in [0, 0.1) is 48.9 Å². The number of benzene rings is 8. The zero-order valence-corrected chi connectivity index (χ0v) is 75.3. The van der Waals surface area contributed by atoms with E-state index in [-0.39, 0.29) is 46.9 Å². The van der Waals surface area contributed by atoms with Crippen LogP contribution in [0.1, 0.15) is 57.5 Å². The van der Waals surface area contributed by atoms with Gasteiger partial charge in [-0.1, -0.05) is 72.8 Å². The summed E-state index contributed by atoms with van der Waals surface area (Å²) in [6.07, 6.45) is 19.7. The highest BCUT2D eigenvalue weighted by Gasteiger charge is 2.25. The summed E-state index contributed by atoms with van der Waals surface area (Å²) < 4.78 is 75.2. The minimum absolute atomic E-state index is 0.0997. The first-order valence-corrected chi connectivity index (χ1v) is 46.1. The largest absolute Gasteiger partial charge is 0.352 e. The molecule has 12 aromatic heterocycles. The first-order valence-electron chi connectivity index (χ1n) is 43.4. The summed E-state index contributed by atoms with van der Waals surface area (Å²) in [5.74, 6) is -0.936. The Morgan fingerprint density at radius 2 is 0.744 bits per heavy atom. The van der Waals surface area contributed by atoms with Crippen LogP contribution < -0.4 is 10.6 Å². The van der Waals surface area contributed by atoms with Gasteiger partial charge in [-0.15, -0.1) is 34.0 Å². The van der Waals surface area contributed by atoms with E-state index >= 15 is 0 Å². The number of aryl methyl sites for hydroxylation is 2. The van der Waals surface area contributed by atoms with Crippen LogP contribution in [0.2, 0.25) is 0 Å². The number of hydrogen-bond acceptors (Lipinski definition) is 17. The zero-order chi connectivity index (χ0) is 91.4. The third kappa shape index (κ3) is 20.5. The molecule has 26 heteroatoms. The molecule has 2 aliphatic heterocycles. The van der Waals surface area contributed by atoms with Gasteiger partial charge in [-0.25, -0.2) is 45.9 Å². The second-order valence-corrected chi connectivity index (χ2v) is 35.3. The fourth-order valence-electron chi connectivity index (χ4n) is 16.5. The number of carbonyl (C=O) groups excluding carboxylic acids is 2. The number of hydrogen-bond donors (Lipinski definition) is 2. The van der Waals surface area contributed by atoms with E-state index in [0.29, 0.717) is 46.0 Å². The molecule has 18 nitrogen and oxygen atoms in total. The lowest BCUT2D eigenvalue weighted by Gasteiger charge is -2.29. The van der Waals surface area contributed by atoms with Crippen molar-refractivity contribution in [1.29, 1.82) is 0 Å². The van der Waals surface area contributed by atoms with Crippen LogP contribution in [-0.2, 0) is 0 Å². The first-order chi connectivity index (χ1) is 64.9. The Bertz CT molecular complexity index is 7590. The van der Waals surface area contributed by atoms with Crippen molar-refractivity contribution < 1.29 is 31.5 Å². The third-order valence-corrected chi connectivity index (χ3v) is 26.1. The van der Waals surface area contributed by atoms with E-state index in [1.165, 1.54) is 42.5 Å². The Morgan fingerprint density at radius 1 is 0.353 bits per heavy atom. The van der Waals surface area contributed by atoms with Gasteiger partial charge in [0.25, 0.3) is 11.8 Å². The average molecular weight is 1820 g/mol. The Morgan fingerprint density at radius 3 is 1.20 bits per heavy atom. The average Bonchev–Trinajstić information content (AvgIpc) is 1.73. The highest BCUT2D eigenvalue weighted by molar-refractivity contribution is 7.17. The minimum Gasteiger partial charge on any atom is -0.352 e. The number of piperidine rings is 2. The van der Waals surface area contributed by atoms with Gasteiger partial charge in [0.05, 0.1) is 110 Å². The lowest BCUT2D eigenvalue weighted by Crippen LogP contribution is -2.43. The van der Waals surface area contributed by atoms with Gasteiger partial charge in [-0.2, -0.15) is 10.2 Å². The van der Waals surface area contributed by atoms with Crippen LogP contribution in [-0.4, -0.2) is 134 Å². The third-order valence-electron chi connectivity index (χ3n) is 23.8. The molecule has 8 aromatic carbocycles. The molecule has 2 aliphatic rings. The minimum atomic E-state index is -0.263. The summed E-state index contributed by atoms with van der Waals surface area (Å²) >= 11 is 4.82. The number of likely N-dealkylation sites (tertiary alicyclic amines) is 2. The molecule has 0 radical (unpaired) electrons. The van der Waals surface area contributed by atoms with Gasteiger partial charge in [0.15, 0.2) is 0 Å². The number of carbonyl (C=O) groups is 2. The van der Waals surface area contributed by atoms with Gasteiger partial charge in [0, 0.05) is 112 Å². The maximum absolute atomic E-state index is 14.1. The second kappa shape index (κ2) is 40.6. The van der Waals surface area contributed by atoms with E-state index in [1.54, 1.807) is 155 Å². The summed E-state index contributed by atoms with van der Waals surface area (Å²) in [5.41, 5.74) is 29.7. The number of pyridine rings is 7. The summed E-state index contributed by atoms with van der Waals surface area (Å²) in [5, 5.41) is 15.0. The molecule has 0 saturated carbocycles. The fraction of sp³-hybridized carbons (Fsp3) is 0.140. The van der Waals surface area contributed by atoms with Crippen molar-refractivity contribution in [3.8, 4) is 112 Å². The lowest BCUT2D eigenvalue weighted by molar-refractivity contribution is 0.0915. The van der Waals surface area contributed by atoms with Gasteiger partial charge in [0.1, 0.15) is 29.1 Å². The van der Waals surface area contributed by atoms with Crippen molar-refractivity contribution in [3.63, 3.8) is 0 Å². The van der Waals surface area contributed by atoms with Crippen LogP contribution >= 0.6 is 34.0 Å². The number of halogens is 5. The Hall–Kier alpha value is -14.9. The molecule has 0 bridgehead atoms. The molecule has 0 aliphatic carbocycles. The molecule has 660 valence electrons. The van der Waals surface area contributed by atoms with Crippen molar-refractivity contribution in [2.75, 3.05) is 46.8 Å². The molecule has 14 heterocycles. The molecular weight excluding hydrogens is 1730 g/mol. The predicted octanol–water partition coefficient (Wildman–Crippen LogP) is 24.4. The van der Waals surface area contributed by atoms with E-state index in [1.807, 2.05) is 162 Å². The summed E-state index contributed by atoms with van der Waals surface area (Å²) in [6, 6.07) is 75.6. The van der Waals surface area contributed by atoms with E-state index in [4.69, 9.17) is 0 Å². The maximum Gasteiger partial charge on any atom is 0.255 e. The monoisotopic (exact) mass is 1820 g/mol.